The molecule has 0 aliphatic rings. The fourth-order valence-electron chi connectivity index (χ4n) is 2.28. The number of anilines is 1. The third-order valence-electron chi connectivity index (χ3n) is 3.66. The van der Waals surface area contributed by atoms with Crippen molar-refractivity contribution >= 4 is 51.6 Å². The van der Waals surface area contributed by atoms with Crippen LogP contribution in [0.3, 0.4) is 0 Å². The predicted molar refractivity (Wildman–Crippen MR) is 108 cm³/mol. The summed E-state index contributed by atoms with van der Waals surface area (Å²) in [6.45, 7) is 0.450. The molecule has 0 saturated heterocycles. The molecule has 2 heterocycles. The lowest BCUT2D eigenvalue weighted by molar-refractivity contribution is 0.0742. The summed E-state index contributed by atoms with van der Waals surface area (Å²) >= 11 is 13.0. The van der Waals surface area contributed by atoms with Crippen molar-refractivity contribution in [3.63, 3.8) is 0 Å². The van der Waals surface area contributed by atoms with E-state index in [1.165, 1.54) is 16.2 Å². The highest BCUT2D eigenvalue weighted by molar-refractivity contribution is 7.13. The molecule has 3 rings (SSSR count). The van der Waals surface area contributed by atoms with Gasteiger partial charge in [-0.25, -0.2) is 9.78 Å². The Balaban J connectivity index is 1.50. The van der Waals surface area contributed by atoms with Crippen molar-refractivity contribution in [2.45, 2.75) is 13.1 Å². The number of hydrogen-bond donors (Lipinski definition) is 3. The molecule has 9 nitrogen and oxygen atoms in total. The Bertz CT molecular complexity index is 1040. The molecule has 0 aliphatic carbocycles. The minimum absolute atomic E-state index is 0.0831. The van der Waals surface area contributed by atoms with E-state index >= 15 is 0 Å². The SMILES string of the molecule is CN(Cc1csc(NC(=O)NCc2ccc(Cl)c(Cl)c2)n1)C(=O)c1cc(O)no1. The second-order valence-corrected chi connectivity index (χ2v) is 7.58. The van der Waals surface area contributed by atoms with Gasteiger partial charge >= 0.3 is 6.03 Å². The van der Waals surface area contributed by atoms with Crippen LogP contribution in [0.2, 0.25) is 10.0 Å². The topological polar surface area (TPSA) is 121 Å². The van der Waals surface area contributed by atoms with Gasteiger partial charge in [0, 0.05) is 19.0 Å². The Morgan fingerprint density at radius 1 is 1.28 bits per heavy atom. The zero-order chi connectivity index (χ0) is 21.0. The quantitative estimate of drug-likeness (QED) is 0.520. The van der Waals surface area contributed by atoms with Crippen LogP contribution in [-0.4, -0.2) is 39.1 Å². The maximum atomic E-state index is 12.2. The lowest BCUT2D eigenvalue weighted by atomic mass is 10.2. The number of benzene rings is 1. The second-order valence-electron chi connectivity index (χ2n) is 5.91. The maximum Gasteiger partial charge on any atom is 0.321 e. The van der Waals surface area contributed by atoms with Crippen LogP contribution in [0.5, 0.6) is 5.88 Å². The van der Waals surface area contributed by atoms with E-state index in [2.05, 4.69) is 20.8 Å². The number of rotatable bonds is 6. The van der Waals surface area contributed by atoms with E-state index in [9.17, 15) is 9.59 Å². The van der Waals surface area contributed by atoms with Crippen LogP contribution in [0.4, 0.5) is 9.93 Å². The number of aromatic hydroxyl groups is 1. The molecule has 0 bridgehead atoms. The minimum atomic E-state index is -0.459. The molecular weight excluding hydrogens is 441 g/mol. The Kier molecular flexibility index (Phi) is 6.57. The number of carbonyl (C=O) groups is 2. The lowest BCUT2D eigenvalue weighted by Gasteiger charge is -2.13. The van der Waals surface area contributed by atoms with Gasteiger partial charge in [0.1, 0.15) is 0 Å². The van der Waals surface area contributed by atoms with Crippen LogP contribution in [0.1, 0.15) is 21.8 Å². The molecule has 0 saturated carbocycles. The molecule has 0 fully saturated rings. The highest BCUT2D eigenvalue weighted by atomic mass is 35.5. The van der Waals surface area contributed by atoms with Crippen molar-refractivity contribution in [1.29, 1.82) is 0 Å². The van der Waals surface area contributed by atoms with E-state index in [0.717, 1.165) is 11.6 Å². The first-order valence-electron chi connectivity index (χ1n) is 8.16. The van der Waals surface area contributed by atoms with Gasteiger partial charge in [-0.15, -0.1) is 11.3 Å². The van der Waals surface area contributed by atoms with Gasteiger partial charge in [0.25, 0.3) is 11.8 Å². The van der Waals surface area contributed by atoms with Crippen molar-refractivity contribution < 1.29 is 19.2 Å². The summed E-state index contributed by atoms with van der Waals surface area (Å²) < 4.78 is 4.73. The van der Waals surface area contributed by atoms with Crippen LogP contribution in [0.15, 0.2) is 34.2 Å². The van der Waals surface area contributed by atoms with Crippen molar-refractivity contribution in [2.75, 3.05) is 12.4 Å². The third kappa shape index (κ3) is 5.59. The first-order chi connectivity index (χ1) is 13.8. The number of nitrogens with zero attached hydrogens (tertiary/aromatic N) is 3. The van der Waals surface area contributed by atoms with Gasteiger partial charge in [-0.05, 0) is 22.9 Å². The van der Waals surface area contributed by atoms with Crippen molar-refractivity contribution in [2.24, 2.45) is 0 Å². The number of nitrogens with one attached hydrogen (secondary N) is 2. The maximum absolute atomic E-state index is 12.2. The average Bonchev–Trinajstić information content (AvgIpc) is 3.31. The lowest BCUT2D eigenvalue weighted by Crippen LogP contribution is -2.28. The largest absolute Gasteiger partial charge is 0.491 e. The van der Waals surface area contributed by atoms with Crippen LogP contribution in [-0.2, 0) is 13.1 Å². The van der Waals surface area contributed by atoms with E-state index in [1.54, 1.807) is 30.6 Å². The molecule has 0 unspecified atom stereocenters. The fourth-order valence-corrected chi connectivity index (χ4v) is 3.30. The summed E-state index contributed by atoms with van der Waals surface area (Å²) in [5.41, 5.74) is 1.38. The van der Waals surface area contributed by atoms with Crippen LogP contribution in [0.25, 0.3) is 0 Å². The molecule has 2 aromatic heterocycles. The molecule has 3 amide bonds. The van der Waals surface area contributed by atoms with Gasteiger partial charge in [0.05, 0.1) is 28.4 Å². The van der Waals surface area contributed by atoms with Gasteiger partial charge in [0.2, 0.25) is 5.76 Å². The number of hydrogen-bond acceptors (Lipinski definition) is 7. The Morgan fingerprint density at radius 2 is 2.07 bits per heavy atom. The summed E-state index contributed by atoms with van der Waals surface area (Å²) in [6.07, 6.45) is 0. The summed E-state index contributed by atoms with van der Waals surface area (Å²) in [5, 5.41) is 20.7. The Morgan fingerprint density at radius 3 is 2.76 bits per heavy atom. The fraction of sp³-hybridized carbons (Fsp3) is 0.176. The molecular formula is C17H15Cl2N5O4S. The van der Waals surface area contributed by atoms with Gasteiger partial charge in [0.15, 0.2) is 5.13 Å². The number of aromatic nitrogens is 2. The second kappa shape index (κ2) is 9.12. The van der Waals surface area contributed by atoms with E-state index in [0.29, 0.717) is 20.9 Å². The highest BCUT2D eigenvalue weighted by Crippen LogP contribution is 2.22. The van der Waals surface area contributed by atoms with E-state index in [4.69, 9.17) is 32.8 Å². The number of halogens is 2. The normalized spacial score (nSPS) is 10.6. The molecule has 12 heteroatoms. The van der Waals surface area contributed by atoms with Crippen molar-refractivity contribution in [1.82, 2.24) is 20.4 Å². The Hall–Kier alpha value is -2.82. The molecule has 152 valence electrons. The summed E-state index contributed by atoms with van der Waals surface area (Å²) in [6, 6.07) is 5.79. The zero-order valence-electron chi connectivity index (χ0n) is 15.0. The van der Waals surface area contributed by atoms with Gasteiger partial charge in [-0.2, -0.15) is 0 Å². The van der Waals surface area contributed by atoms with Crippen LogP contribution in [0, 0.1) is 0 Å². The smallest absolute Gasteiger partial charge is 0.321 e. The highest BCUT2D eigenvalue weighted by Gasteiger charge is 2.18. The molecule has 29 heavy (non-hydrogen) atoms. The minimum Gasteiger partial charge on any atom is -0.491 e. The predicted octanol–water partition coefficient (Wildman–Crippen LogP) is 3.74. The third-order valence-corrected chi connectivity index (χ3v) is 5.21. The van der Waals surface area contributed by atoms with Gasteiger partial charge in [-0.1, -0.05) is 29.3 Å². The molecule has 3 aromatic rings. The summed E-state index contributed by atoms with van der Waals surface area (Å²) in [4.78, 5) is 29.8. The van der Waals surface area contributed by atoms with Gasteiger partial charge < -0.3 is 19.8 Å². The molecule has 0 radical (unpaired) electrons. The Labute approximate surface area is 179 Å². The van der Waals surface area contributed by atoms with Crippen molar-refractivity contribution in [3.05, 3.63) is 56.7 Å². The van der Waals surface area contributed by atoms with E-state index < -0.39 is 11.9 Å². The van der Waals surface area contributed by atoms with E-state index in [1.807, 2.05) is 0 Å². The number of amides is 3. The average molecular weight is 456 g/mol. The molecule has 0 spiro atoms. The molecule has 0 aliphatic heterocycles. The van der Waals surface area contributed by atoms with Crippen LogP contribution >= 0.6 is 34.5 Å². The summed E-state index contributed by atoms with van der Waals surface area (Å²) in [7, 11) is 1.55. The van der Waals surface area contributed by atoms with Gasteiger partial charge in [-0.3, -0.25) is 10.1 Å². The number of carbonyl (C=O) groups excluding carboxylic acids is 2. The standard InChI is InChI=1S/C17H15Cl2N5O4S/c1-24(15(26)13-5-14(25)23-28-13)7-10-8-29-17(21-10)22-16(27)20-6-9-2-3-11(18)12(19)4-9/h2-5,8H,6-7H2,1H3,(H,23,25)(H2,20,21,22,27). The number of urea groups is 1. The first-order valence-corrected chi connectivity index (χ1v) is 9.79. The van der Waals surface area contributed by atoms with E-state index in [-0.39, 0.29) is 24.7 Å². The summed E-state index contributed by atoms with van der Waals surface area (Å²) in [5.74, 6) is -0.909. The van der Waals surface area contributed by atoms with Crippen LogP contribution < -0.4 is 10.6 Å². The molecule has 3 N–H and O–H groups in total. The first kappa shape index (κ1) is 20.9. The number of thiazole rings is 1. The van der Waals surface area contributed by atoms with Crippen molar-refractivity contribution in [3.8, 4) is 5.88 Å². The zero-order valence-corrected chi connectivity index (χ0v) is 17.3. The monoisotopic (exact) mass is 455 g/mol. The molecule has 1 aromatic carbocycles. The molecule has 0 atom stereocenters.